The van der Waals surface area contributed by atoms with Gasteiger partial charge in [-0.25, -0.2) is 0 Å². The lowest BCUT2D eigenvalue weighted by atomic mass is 9.87. The van der Waals surface area contributed by atoms with E-state index in [0.29, 0.717) is 0 Å². The summed E-state index contributed by atoms with van der Waals surface area (Å²) in [4.78, 5) is 2.71. The Morgan fingerprint density at radius 2 is 1.72 bits per heavy atom. The van der Waals surface area contributed by atoms with Crippen molar-refractivity contribution in [2.45, 2.75) is 77.8 Å². The van der Waals surface area contributed by atoms with Gasteiger partial charge in [0.15, 0.2) is 0 Å². The molecular formula is C16H34N2. The average molecular weight is 254 g/mol. The SMILES string of the molecule is CCCCCCCCN1CCC(NC)C(C)C1C. The smallest absolute Gasteiger partial charge is 0.0117 e. The Hall–Kier alpha value is -0.0800. The van der Waals surface area contributed by atoms with Gasteiger partial charge in [0, 0.05) is 12.1 Å². The van der Waals surface area contributed by atoms with Crippen LogP contribution in [0.15, 0.2) is 0 Å². The zero-order chi connectivity index (χ0) is 13.4. The molecule has 1 rings (SSSR count). The third kappa shape index (κ3) is 4.89. The highest BCUT2D eigenvalue weighted by Crippen LogP contribution is 2.23. The minimum absolute atomic E-state index is 0.723. The quantitative estimate of drug-likeness (QED) is 0.665. The van der Waals surface area contributed by atoms with E-state index in [0.717, 1.165) is 18.0 Å². The molecule has 0 bridgehead atoms. The standard InChI is InChI=1S/C16H34N2/c1-5-6-7-8-9-10-12-18-13-11-16(17-4)14(2)15(18)3/h14-17H,5-13H2,1-4H3. The van der Waals surface area contributed by atoms with Gasteiger partial charge in [0.1, 0.15) is 0 Å². The summed E-state index contributed by atoms with van der Waals surface area (Å²) in [6.45, 7) is 9.69. The van der Waals surface area contributed by atoms with E-state index in [2.05, 4.69) is 38.0 Å². The highest BCUT2D eigenvalue weighted by molar-refractivity contribution is 4.87. The largest absolute Gasteiger partial charge is 0.317 e. The van der Waals surface area contributed by atoms with Gasteiger partial charge in [-0.1, -0.05) is 46.0 Å². The molecule has 1 saturated heterocycles. The first kappa shape index (κ1) is 16.0. The lowest BCUT2D eigenvalue weighted by Crippen LogP contribution is -2.52. The Morgan fingerprint density at radius 3 is 2.39 bits per heavy atom. The second-order valence-electron chi connectivity index (χ2n) is 6.09. The summed E-state index contributed by atoms with van der Waals surface area (Å²) in [6.07, 6.45) is 9.78. The first-order chi connectivity index (χ1) is 8.70. The number of likely N-dealkylation sites (tertiary alicyclic amines) is 1. The minimum atomic E-state index is 0.723. The van der Waals surface area contributed by atoms with Crippen LogP contribution in [-0.4, -0.2) is 37.1 Å². The zero-order valence-corrected chi connectivity index (χ0v) is 13.0. The maximum atomic E-state index is 3.47. The molecule has 0 amide bonds. The number of unbranched alkanes of at least 4 members (excludes halogenated alkanes) is 5. The lowest BCUT2D eigenvalue weighted by Gasteiger charge is -2.42. The van der Waals surface area contributed by atoms with Gasteiger partial charge in [0.25, 0.3) is 0 Å². The summed E-state index contributed by atoms with van der Waals surface area (Å²) < 4.78 is 0. The molecule has 0 aromatic heterocycles. The molecule has 0 radical (unpaired) electrons. The van der Waals surface area contributed by atoms with Crippen LogP contribution in [0.25, 0.3) is 0 Å². The molecule has 0 spiro atoms. The highest BCUT2D eigenvalue weighted by Gasteiger charge is 2.30. The van der Waals surface area contributed by atoms with Crippen molar-refractivity contribution < 1.29 is 0 Å². The van der Waals surface area contributed by atoms with E-state index in [1.165, 1.54) is 58.0 Å². The van der Waals surface area contributed by atoms with E-state index in [4.69, 9.17) is 0 Å². The number of nitrogens with zero attached hydrogens (tertiary/aromatic N) is 1. The molecule has 1 N–H and O–H groups in total. The maximum Gasteiger partial charge on any atom is 0.0117 e. The monoisotopic (exact) mass is 254 g/mol. The molecule has 0 saturated carbocycles. The van der Waals surface area contributed by atoms with E-state index >= 15 is 0 Å². The molecule has 1 aliphatic heterocycles. The molecule has 0 aromatic rings. The maximum absolute atomic E-state index is 3.47. The lowest BCUT2D eigenvalue weighted by molar-refractivity contribution is 0.0860. The van der Waals surface area contributed by atoms with Crippen LogP contribution in [0, 0.1) is 5.92 Å². The van der Waals surface area contributed by atoms with Crippen molar-refractivity contribution in [3.8, 4) is 0 Å². The fourth-order valence-corrected chi connectivity index (χ4v) is 3.26. The van der Waals surface area contributed by atoms with Crippen LogP contribution in [0.1, 0.15) is 65.7 Å². The Morgan fingerprint density at radius 1 is 1.06 bits per heavy atom. The van der Waals surface area contributed by atoms with E-state index < -0.39 is 0 Å². The van der Waals surface area contributed by atoms with Crippen molar-refractivity contribution in [2.24, 2.45) is 5.92 Å². The molecule has 1 heterocycles. The zero-order valence-electron chi connectivity index (χ0n) is 13.0. The Kier molecular flexibility index (Phi) is 7.92. The van der Waals surface area contributed by atoms with Crippen molar-refractivity contribution in [3.05, 3.63) is 0 Å². The van der Waals surface area contributed by atoms with Crippen LogP contribution < -0.4 is 5.32 Å². The van der Waals surface area contributed by atoms with E-state index in [1.54, 1.807) is 0 Å². The fourth-order valence-electron chi connectivity index (χ4n) is 3.26. The molecule has 108 valence electrons. The summed E-state index contributed by atoms with van der Waals surface area (Å²) in [7, 11) is 2.11. The van der Waals surface area contributed by atoms with E-state index in [-0.39, 0.29) is 0 Å². The third-order valence-corrected chi connectivity index (χ3v) is 4.87. The van der Waals surface area contributed by atoms with Crippen LogP contribution in [0.3, 0.4) is 0 Å². The molecule has 0 aromatic carbocycles. The molecule has 3 atom stereocenters. The topological polar surface area (TPSA) is 15.3 Å². The van der Waals surface area contributed by atoms with Gasteiger partial charge in [0.2, 0.25) is 0 Å². The predicted octanol–water partition coefficient (Wildman–Crippen LogP) is 3.67. The molecule has 18 heavy (non-hydrogen) atoms. The summed E-state index contributed by atoms with van der Waals surface area (Å²) in [6, 6.07) is 1.47. The number of rotatable bonds is 8. The van der Waals surface area contributed by atoms with Crippen molar-refractivity contribution in [1.82, 2.24) is 10.2 Å². The van der Waals surface area contributed by atoms with Crippen LogP contribution in [0.5, 0.6) is 0 Å². The second-order valence-corrected chi connectivity index (χ2v) is 6.09. The van der Waals surface area contributed by atoms with Gasteiger partial charge in [0.05, 0.1) is 0 Å². The number of nitrogens with one attached hydrogen (secondary N) is 1. The summed E-state index contributed by atoms with van der Waals surface area (Å²) in [5.74, 6) is 0.781. The number of hydrogen-bond acceptors (Lipinski definition) is 2. The van der Waals surface area contributed by atoms with Crippen LogP contribution in [-0.2, 0) is 0 Å². The summed E-state index contributed by atoms with van der Waals surface area (Å²) in [5, 5.41) is 3.47. The van der Waals surface area contributed by atoms with Gasteiger partial charge in [-0.3, -0.25) is 0 Å². The minimum Gasteiger partial charge on any atom is -0.317 e. The molecule has 2 heteroatoms. The molecule has 0 aliphatic carbocycles. The van der Waals surface area contributed by atoms with E-state index in [9.17, 15) is 0 Å². The normalized spacial score (nSPS) is 29.7. The van der Waals surface area contributed by atoms with Crippen LogP contribution in [0.4, 0.5) is 0 Å². The molecule has 1 fully saturated rings. The van der Waals surface area contributed by atoms with Crippen molar-refractivity contribution >= 4 is 0 Å². The molecule has 3 unspecified atom stereocenters. The molecule has 2 nitrogen and oxygen atoms in total. The summed E-state index contributed by atoms with van der Waals surface area (Å²) in [5.41, 5.74) is 0. The number of piperidine rings is 1. The van der Waals surface area contributed by atoms with Gasteiger partial charge in [-0.2, -0.15) is 0 Å². The first-order valence-corrected chi connectivity index (χ1v) is 8.12. The van der Waals surface area contributed by atoms with Crippen LogP contribution >= 0.6 is 0 Å². The Bertz CT molecular complexity index is 205. The van der Waals surface area contributed by atoms with Crippen molar-refractivity contribution in [3.63, 3.8) is 0 Å². The fraction of sp³-hybridized carbons (Fsp3) is 1.00. The van der Waals surface area contributed by atoms with Gasteiger partial charge >= 0.3 is 0 Å². The Labute approximate surface area is 115 Å². The summed E-state index contributed by atoms with van der Waals surface area (Å²) >= 11 is 0. The molecular weight excluding hydrogens is 220 g/mol. The van der Waals surface area contributed by atoms with Gasteiger partial charge in [-0.15, -0.1) is 0 Å². The second kappa shape index (κ2) is 8.92. The van der Waals surface area contributed by atoms with Gasteiger partial charge in [-0.05, 0) is 45.8 Å². The van der Waals surface area contributed by atoms with Crippen molar-refractivity contribution in [1.29, 1.82) is 0 Å². The first-order valence-electron chi connectivity index (χ1n) is 8.12. The highest BCUT2D eigenvalue weighted by atomic mass is 15.2. The van der Waals surface area contributed by atoms with E-state index in [1.807, 2.05) is 0 Å². The predicted molar refractivity (Wildman–Crippen MR) is 81.0 cm³/mol. The number of hydrogen-bond donors (Lipinski definition) is 1. The van der Waals surface area contributed by atoms with Gasteiger partial charge < -0.3 is 10.2 Å². The Balaban J connectivity index is 2.15. The molecule has 1 aliphatic rings. The third-order valence-electron chi connectivity index (χ3n) is 4.87. The average Bonchev–Trinajstić information content (AvgIpc) is 2.38. The van der Waals surface area contributed by atoms with Crippen LogP contribution in [0.2, 0.25) is 0 Å². The van der Waals surface area contributed by atoms with Crippen molar-refractivity contribution in [2.75, 3.05) is 20.1 Å².